The van der Waals surface area contributed by atoms with Crippen LogP contribution < -0.4 is 15.0 Å². The number of amides is 3. The van der Waals surface area contributed by atoms with E-state index in [1.165, 1.54) is 4.90 Å². The van der Waals surface area contributed by atoms with E-state index in [4.69, 9.17) is 16.3 Å². The van der Waals surface area contributed by atoms with Gasteiger partial charge in [-0.2, -0.15) is 0 Å². The number of nitrogens with one attached hydrogen (secondary N) is 2. The van der Waals surface area contributed by atoms with Gasteiger partial charge in [-0.15, -0.1) is 0 Å². The number of nitrogens with zero attached hydrogens (tertiary/aromatic N) is 1. The number of carbonyl (C=O) groups is 2. The van der Waals surface area contributed by atoms with Crippen molar-refractivity contribution >= 4 is 23.5 Å². The Morgan fingerprint density at radius 2 is 2.15 bits per heavy atom. The van der Waals surface area contributed by atoms with Gasteiger partial charge in [0.05, 0.1) is 14.2 Å². The Balaban J connectivity index is 1.71. The number of ether oxygens (including phenoxy) is 1. The molecule has 7 heteroatoms. The fourth-order valence-corrected chi connectivity index (χ4v) is 4.37. The summed E-state index contributed by atoms with van der Waals surface area (Å²) in [6.07, 6.45) is 3.80. The van der Waals surface area contributed by atoms with Crippen molar-refractivity contribution in [2.45, 2.75) is 44.7 Å². The fraction of sp³-hybridized carbons (Fsp3) is 0.579. The number of hydrogen-bond acceptors (Lipinski definition) is 3. The van der Waals surface area contributed by atoms with Crippen molar-refractivity contribution < 1.29 is 19.2 Å². The second-order valence-electron chi connectivity index (χ2n) is 7.53. The average molecular weight is 381 g/mol. The molecule has 2 N–H and O–H groups in total. The summed E-state index contributed by atoms with van der Waals surface area (Å²) in [5.41, 5.74) is 0.244. The third-order valence-corrected chi connectivity index (χ3v) is 5.90. The van der Waals surface area contributed by atoms with Crippen molar-refractivity contribution in [3.05, 3.63) is 28.8 Å². The number of rotatable bonds is 5. The Morgan fingerprint density at radius 3 is 2.85 bits per heavy atom. The molecule has 26 heavy (non-hydrogen) atoms. The third kappa shape index (κ3) is 3.40. The maximum Gasteiger partial charge on any atom is 0.329 e. The van der Waals surface area contributed by atoms with E-state index in [0.29, 0.717) is 18.2 Å². The van der Waals surface area contributed by atoms with E-state index < -0.39 is 5.54 Å². The van der Waals surface area contributed by atoms with Crippen LogP contribution in [0, 0.1) is 5.92 Å². The van der Waals surface area contributed by atoms with Crippen LogP contribution in [0.4, 0.5) is 4.79 Å². The van der Waals surface area contributed by atoms with E-state index in [0.717, 1.165) is 41.9 Å². The van der Waals surface area contributed by atoms with Crippen molar-refractivity contribution in [3.63, 3.8) is 0 Å². The first-order chi connectivity index (χ1) is 12.4. The summed E-state index contributed by atoms with van der Waals surface area (Å²) in [6, 6.07) is 5.20. The molecule has 3 amide bonds. The lowest BCUT2D eigenvalue weighted by atomic mass is 9.73. The van der Waals surface area contributed by atoms with Gasteiger partial charge in [-0.3, -0.25) is 4.79 Å². The van der Waals surface area contributed by atoms with Crippen molar-refractivity contribution in [1.29, 1.82) is 0 Å². The average Bonchev–Trinajstić information content (AvgIpc) is 2.83. The van der Waals surface area contributed by atoms with Gasteiger partial charge in [-0.05, 0) is 37.0 Å². The smallest absolute Gasteiger partial charge is 0.329 e. The van der Waals surface area contributed by atoms with Crippen LogP contribution >= 0.6 is 11.6 Å². The highest BCUT2D eigenvalue weighted by Crippen LogP contribution is 2.37. The van der Waals surface area contributed by atoms with Crippen LogP contribution in [0.25, 0.3) is 0 Å². The normalized spacial score (nSPS) is 26.9. The number of halogens is 1. The van der Waals surface area contributed by atoms with Crippen molar-refractivity contribution in [2.75, 3.05) is 20.8 Å². The quantitative estimate of drug-likeness (QED) is 0.766. The molecule has 1 unspecified atom stereocenters. The van der Waals surface area contributed by atoms with E-state index >= 15 is 0 Å². The molecule has 1 heterocycles. The summed E-state index contributed by atoms with van der Waals surface area (Å²) >= 11 is 6.09. The number of quaternary nitrogens is 1. The molecule has 1 spiro atoms. The van der Waals surface area contributed by atoms with E-state index in [1.807, 2.05) is 19.2 Å². The van der Waals surface area contributed by atoms with E-state index in [1.54, 1.807) is 13.2 Å². The Bertz CT molecular complexity index is 711. The first-order valence-corrected chi connectivity index (χ1v) is 9.53. The minimum Gasteiger partial charge on any atom is -0.496 e. The summed E-state index contributed by atoms with van der Waals surface area (Å²) in [5.74, 6) is 0.849. The largest absolute Gasteiger partial charge is 0.496 e. The van der Waals surface area contributed by atoms with Gasteiger partial charge in [0.25, 0.3) is 5.91 Å². The molecule has 1 aliphatic heterocycles. The first-order valence-electron chi connectivity index (χ1n) is 9.15. The zero-order valence-electron chi connectivity index (χ0n) is 15.6. The molecule has 2 aliphatic rings. The van der Waals surface area contributed by atoms with Gasteiger partial charge >= 0.3 is 6.03 Å². The predicted molar refractivity (Wildman–Crippen MR) is 99.2 cm³/mol. The summed E-state index contributed by atoms with van der Waals surface area (Å²) in [6.45, 7) is 2.98. The minimum atomic E-state index is -0.705. The maximum absolute atomic E-state index is 13.1. The fourth-order valence-electron chi connectivity index (χ4n) is 4.18. The summed E-state index contributed by atoms with van der Waals surface area (Å²) in [5, 5.41) is 3.64. The molecule has 1 aromatic carbocycles. The van der Waals surface area contributed by atoms with Gasteiger partial charge in [0, 0.05) is 10.6 Å². The highest BCUT2D eigenvalue weighted by atomic mass is 35.5. The highest BCUT2D eigenvalue weighted by molar-refractivity contribution is 6.30. The van der Waals surface area contributed by atoms with Gasteiger partial charge in [-0.25, -0.2) is 9.69 Å². The van der Waals surface area contributed by atoms with Crippen LogP contribution in [-0.2, 0) is 11.3 Å². The minimum absolute atomic E-state index is 0.0768. The number of benzene rings is 1. The van der Waals surface area contributed by atoms with Crippen LogP contribution in [0.2, 0.25) is 5.02 Å². The summed E-state index contributed by atoms with van der Waals surface area (Å²) < 4.78 is 5.39. The molecule has 6 nitrogen and oxygen atoms in total. The summed E-state index contributed by atoms with van der Waals surface area (Å²) in [7, 11) is 3.57. The molecule has 3 rings (SSSR count). The van der Waals surface area contributed by atoms with Crippen LogP contribution in [0.15, 0.2) is 18.2 Å². The SMILES string of the molecule is COc1ccc(Cl)cc1C[NH+](C)CN1C(=O)N[C@]2(CCCC[C@@H]2C)C1=O. The zero-order valence-corrected chi connectivity index (χ0v) is 16.4. The van der Waals surface area contributed by atoms with Gasteiger partial charge in [0.15, 0.2) is 6.67 Å². The number of urea groups is 1. The van der Waals surface area contributed by atoms with Gasteiger partial charge in [0.2, 0.25) is 0 Å². The van der Waals surface area contributed by atoms with Crippen molar-refractivity contribution in [3.8, 4) is 5.75 Å². The van der Waals surface area contributed by atoms with Gasteiger partial charge in [0.1, 0.15) is 17.8 Å². The summed E-state index contributed by atoms with van der Waals surface area (Å²) in [4.78, 5) is 27.9. The van der Waals surface area contributed by atoms with E-state index in [-0.39, 0.29) is 17.9 Å². The van der Waals surface area contributed by atoms with Crippen molar-refractivity contribution in [2.24, 2.45) is 5.92 Å². The molecule has 1 aromatic rings. The van der Waals surface area contributed by atoms with E-state index in [2.05, 4.69) is 12.2 Å². The highest BCUT2D eigenvalue weighted by Gasteiger charge is 2.55. The molecule has 0 radical (unpaired) electrons. The molecule has 0 aromatic heterocycles. The van der Waals surface area contributed by atoms with Crippen LogP contribution in [0.1, 0.15) is 38.2 Å². The van der Waals surface area contributed by atoms with E-state index in [9.17, 15) is 9.59 Å². The number of imide groups is 1. The molecule has 1 saturated carbocycles. The second-order valence-corrected chi connectivity index (χ2v) is 7.97. The Labute approximate surface area is 159 Å². The molecular formula is C19H27ClN3O3+. The number of methoxy groups -OCH3 is 1. The zero-order chi connectivity index (χ0) is 18.9. The maximum atomic E-state index is 13.1. The Hall–Kier alpha value is -1.79. The van der Waals surface area contributed by atoms with Crippen LogP contribution in [0.3, 0.4) is 0 Å². The molecule has 2 fully saturated rings. The second kappa shape index (κ2) is 7.45. The Morgan fingerprint density at radius 1 is 1.38 bits per heavy atom. The lowest BCUT2D eigenvalue weighted by Gasteiger charge is -2.36. The first kappa shape index (κ1) is 19.0. The molecule has 3 atom stereocenters. The van der Waals surface area contributed by atoms with Crippen LogP contribution in [0.5, 0.6) is 5.75 Å². The predicted octanol–water partition coefficient (Wildman–Crippen LogP) is 1.82. The molecule has 142 valence electrons. The molecular weight excluding hydrogens is 354 g/mol. The van der Waals surface area contributed by atoms with Crippen LogP contribution in [-0.4, -0.2) is 43.2 Å². The van der Waals surface area contributed by atoms with Gasteiger partial charge < -0.3 is 15.0 Å². The standard InChI is InChI=1S/C19H26ClN3O3/c1-13-6-4-5-9-19(13)17(24)23(18(25)21-19)12-22(2)11-14-10-15(20)7-8-16(14)26-3/h7-8,10,13H,4-6,9,11-12H2,1-3H3,(H,21,25)/p+1/t13-,19-/m0/s1. The number of carbonyl (C=O) groups excluding carboxylic acids is 2. The lowest BCUT2D eigenvalue weighted by molar-refractivity contribution is -0.901. The Kier molecular flexibility index (Phi) is 5.44. The third-order valence-electron chi connectivity index (χ3n) is 5.66. The molecule has 1 aliphatic carbocycles. The lowest BCUT2D eigenvalue weighted by Crippen LogP contribution is -3.09. The topological polar surface area (TPSA) is 63.1 Å². The van der Waals surface area contributed by atoms with Gasteiger partial charge in [-0.1, -0.05) is 31.4 Å². The number of hydrogen-bond donors (Lipinski definition) is 2. The molecule has 1 saturated heterocycles. The molecule has 0 bridgehead atoms. The van der Waals surface area contributed by atoms with Crippen molar-refractivity contribution in [1.82, 2.24) is 10.2 Å². The monoisotopic (exact) mass is 380 g/mol.